The van der Waals surface area contributed by atoms with Crippen LogP contribution in [0.1, 0.15) is 12.1 Å². The van der Waals surface area contributed by atoms with Crippen LogP contribution < -0.4 is 9.64 Å². The molecule has 23 heavy (non-hydrogen) atoms. The molecule has 1 aliphatic rings. The summed E-state index contributed by atoms with van der Waals surface area (Å²) in [7, 11) is 0. The van der Waals surface area contributed by atoms with Gasteiger partial charge in [-0.3, -0.25) is 14.6 Å². The molecule has 0 radical (unpaired) electrons. The lowest BCUT2D eigenvalue weighted by Gasteiger charge is -2.20. The molecule has 6 heteroatoms. The van der Waals surface area contributed by atoms with E-state index >= 15 is 0 Å². The molecule has 0 bridgehead atoms. The molecule has 1 aromatic heterocycles. The predicted octanol–water partition coefficient (Wildman–Crippen LogP) is 2.10. The molecule has 1 aromatic carbocycles. The van der Waals surface area contributed by atoms with Crippen molar-refractivity contribution in [3.8, 4) is 5.75 Å². The minimum absolute atomic E-state index is 0.0178. The highest BCUT2D eigenvalue weighted by molar-refractivity contribution is 6.00. The Hall–Kier alpha value is -2.89. The van der Waals surface area contributed by atoms with Crippen LogP contribution in [0.5, 0.6) is 5.75 Å². The summed E-state index contributed by atoms with van der Waals surface area (Å²) in [5, 5.41) is 9.10. The van der Waals surface area contributed by atoms with Crippen molar-refractivity contribution in [1.82, 2.24) is 4.98 Å². The third kappa shape index (κ3) is 3.31. The summed E-state index contributed by atoms with van der Waals surface area (Å²) in [6.45, 7) is 0.445. The number of anilines is 1. The van der Waals surface area contributed by atoms with Crippen LogP contribution >= 0.6 is 0 Å². The second kappa shape index (κ2) is 6.48. The fraction of sp³-hybridized carbons (Fsp3) is 0.235. The van der Waals surface area contributed by atoms with Crippen molar-refractivity contribution >= 4 is 17.6 Å². The number of carbonyl (C=O) groups excluding carboxylic acids is 1. The van der Waals surface area contributed by atoms with Gasteiger partial charge in [-0.05, 0) is 24.3 Å². The number of carbonyl (C=O) groups is 2. The molecule has 0 aliphatic carbocycles. The van der Waals surface area contributed by atoms with Gasteiger partial charge in [-0.15, -0.1) is 0 Å². The number of para-hydroxylation sites is 2. The first-order valence-electron chi connectivity index (χ1n) is 7.30. The third-order valence-electron chi connectivity index (χ3n) is 3.73. The van der Waals surface area contributed by atoms with Crippen LogP contribution in [0.4, 0.5) is 5.69 Å². The zero-order chi connectivity index (χ0) is 16.2. The van der Waals surface area contributed by atoms with E-state index in [0.717, 1.165) is 5.69 Å². The summed E-state index contributed by atoms with van der Waals surface area (Å²) < 4.78 is 5.78. The number of aromatic nitrogens is 1. The molecular formula is C17H16N2O4. The average Bonchev–Trinajstić information content (AvgIpc) is 2.96. The largest absolute Gasteiger partial charge is 0.485 e. The SMILES string of the molecule is O=C(O)[C@@H]1CC(=O)N(c2ccccc2OCc2ccccn2)C1. The Morgan fingerprint density at radius 2 is 2.04 bits per heavy atom. The summed E-state index contributed by atoms with van der Waals surface area (Å²) in [4.78, 5) is 28.9. The molecule has 0 unspecified atom stereocenters. The third-order valence-corrected chi connectivity index (χ3v) is 3.73. The van der Waals surface area contributed by atoms with E-state index in [1.165, 1.54) is 4.90 Å². The maximum Gasteiger partial charge on any atom is 0.308 e. The highest BCUT2D eigenvalue weighted by Gasteiger charge is 2.36. The Morgan fingerprint density at radius 3 is 2.74 bits per heavy atom. The number of hydrogen-bond donors (Lipinski definition) is 1. The van der Waals surface area contributed by atoms with Crippen LogP contribution in [-0.2, 0) is 16.2 Å². The van der Waals surface area contributed by atoms with E-state index in [1.807, 2.05) is 24.3 Å². The molecule has 118 valence electrons. The van der Waals surface area contributed by atoms with Gasteiger partial charge >= 0.3 is 5.97 Å². The van der Waals surface area contributed by atoms with Crippen molar-refractivity contribution in [2.75, 3.05) is 11.4 Å². The van der Waals surface area contributed by atoms with E-state index < -0.39 is 11.9 Å². The number of ether oxygens (including phenoxy) is 1. The van der Waals surface area contributed by atoms with Gasteiger partial charge in [0.15, 0.2) is 0 Å². The van der Waals surface area contributed by atoms with Gasteiger partial charge in [-0.1, -0.05) is 18.2 Å². The van der Waals surface area contributed by atoms with Gasteiger partial charge in [0.25, 0.3) is 0 Å². The van der Waals surface area contributed by atoms with Gasteiger partial charge in [0.2, 0.25) is 5.91 Å². The van der Waals surface area contributed by atoms with Crippen molar-refractivity contribution in [2.45, 2.75) is 13.0 Å². The van der Waals surface area contributed by atoms with Crippen molar-refractivity contribution in [3.63, 3.8) is 0 Å². The monoisotopic (exact) mass is 312 g/mol. The summed E-state index contributed by atoms with van der Waals surface area (Å²) in [6.07, 6.45) is 1.70. The molecule has 3 rings (SSSR count). The molecule has 1 fully saturated rings. The van der Waals surface area contributed by atoms with Crippen molar-refractivity contribution in [3.05, 3.63) is 54.4 Å². The minimum Gasteiger partial charge on any atom is -0.485 e. The van der Waals surface area contributed by atoms with Crippen LogP contribution in [0.25, 0.3) is 0 Å². The maximum absolute atomic E-state index is 12.1. The second-order valence-electron chi connectivity index (χ2n) is 5.32. The van der Waals surface area contributed by atoms with Gasteiger partial charge in [-0.25, -0.2) is 0 Å². The lowest BCUT2D eigenvalue weighted by atomic mass is 10.1. The van der Waals surface area contributed by atoms with Gasteiger partial charge in [0.05, 0.1) is 17.3 Å². The van der Waals surface area contributed by atoms with E-state index in [1.54, 1.807) is 24.4 Å². The lowest BCUT2D eigenvalue weighted by Crippen LogP contribution is -2.26. The zero-order valence-electron chi connectivity index (χ0n) is 12.4. The Labute approximate surface area is 133 Å². The summed E-state index contributed by atoms with van der Waals surface area (Å²) in [6, 6.07) is 12.7. The number of rotatable bonds is 5. The summed E-state index contributed by atoms with van der Waals surface area (Å²) in [5.41, 5.74) is 1.37. The Kier molecular flexibility index (Phi) is 4.23. The molecule has 0 saturated carbocycles. The second-order valence-corrected chi connectivity index (χ2v) is 5.32. The standard InChI is InChI=1S/C17H16N2O4/c20-16-9-12(17(21)22)10-19(16)14-6-1-2-7-15(14)23-11-13-5-3-4-8-18-13/h1-8,12H,9-11H2,(H,21,22)/t12-/m1/s1. The molecule has 6 nitrogen and oxygen atoms in total. The number of aliphatic carboxylic acids is 1. The van der Waals surface area contributed by atoms with Gasteiger partial charge in [-0.2, -0.15) is 0 Å². The Morgan fingerprint density at radius 1 is 1.26 bits per heavy atom. The van der Waals surface area contributed by atoms with Crippen molar-refractivity contribution in [2.24, 2.45) is 5.92 Å². The molecule has 1 atom stereocenters. The van der Waals surface area contributed by atoms with Crippen LogP contribution in [0.2, 0.25) is 0 Å². The number of carboxylic acids is 1. The highest BCUT2D eigenvalue weighted by Crippen LogP contribution is 2.33. The number of amides is 1. The summed E-state index contributed by atoms with van der Waals surface area (Å²) >= 11 is 0. The highest BCUT2D eigenvalue weighted by atomic mass is 16.5. The molecule has 1 aliphatic heterocycles. The van der Waals surface area contributed by atoms with E-state index in [2.05, 4.69) is 4.98 Å². The topological polar surface area (TPSA) is 79.7 Å². The zero-order valence-corrected chi connectivity index (χ0v) is 12.4. The number of hydrogen-bond acceptors (Lipinski definition) is 4. The first-order chi connectivity index (χ1) is 11.1. The molecule has 2 aromatic rings. The van der Waals surface area contributed by atoms with Crippen LogP contribution in [0.15, 0.2) is 48.7 Å². The minimum atomic E-state index is -0.951. The normalized spacial score (nSPS) is 17.3. The molecule has 0 spiro atoms. The average molecular weight is 312 g/mol. The predicted molar refractivity (Wildman–Crippen MR) is 83.1 cm³/mol. The Bertz CT molecular complexity index is 718. The van der Waals surface area contributed by atoms with E-state index in [-0.39, 0.29) is 25.5 Å². The first-order valence-corrected chi connectivity index (χ1v) is 7.30. The molecule has 1 N–H and O–H groups in total. The number of nitrogens with zero attached hydrogens (tertiary/aromatic N) is 2. The van der Waals surface area contributed by atoms with Gasteiger partial charge in [0, 0.05) is 19.2 Å². The molecule has 2 heterocycles. The van der Waals surface area contributed by atoms with Crippen molar-refractivity contribution in [1.29, 1.82) is 0 Å². The quantitative estimate of drug-likeness (QED) is 0.914. The molecule has 1 saturated heterocycles. The smallest absolute Gasteiger partial charge is 0.308 e. The van der Waals surface area contributed by atoms with E-state index in [9.17, 15) is 9.59 Å². The lowest BCUT2D eigenvalue weighted by molar-refractivity contribution is -0.141. The van der Waals surface area contributed by atoms with Crippen LogP contribution in [-0.4, -0.2) is 28.5 Å². The van der Waals surface area contributed by atoms with Crippen molar-refractivity contribution < 1.29 is 19.4 Å². The Balaban J connectivity index is 1.78. The van der Waals surface area contributed by atoms with E-state index in [4.69, 9.17) is 9.84 Å². The summed E-state index contributed by atoms with van der Waals surface area (Å²) in [5.74, 6) is -1.29. The molecular weight excluding hydrogens is 296 g/mol. The van der Waals surface area contributed by atoms with Gasteiger partial charge in [0.1, 0.15) is 12.4 Å². The van der Waals surface area contributed by atoms with Crippen LogP contribution in [0, 0.1) is 5.92 Å². The number of pyridine rings is 1. The maximum atomic E-state index is 12.1. The van der Waals surface area contributed by atoms with E-state index in [0.29, 0.717) is 11.4 Å². The van der Waals surface area contributed by atoms with Crippen LogP contribution in [0.3, 0.4) is 0 Å². The fourth-order valence-corrected chi connectivity index (χ4v) is 2.54. The number of carboxylic acid groups (broad SMARTS) is 1. The fourth-order valence-electron chi connectivity index (χ4n) is 2.54. The molecule has 1 amide bonds. The first kappa shape index (κ1) is 15.0. The number of benzene rings is 1. The van der Waals surface area contributed by atoms with Gasteiger partial charge < -0.3 is 14.7 Å².